The summed E-state index contributed by atoms with van der Waals surface area (Å²) in [5, 5.41) is 10.9. The zero-order valence-electron chi connectivity index (χ0n) is 20.7. The number of carboxylic acid groups (broad SMARTS) is 1. The summed E-state index contributed by atoms with van der Waals surface area (Å²) in [7, 11) is 0. The molecule has 0 aliphatic heterocycles. The van der Waals surface area contributed by atoms with E-state index in [0.717, 1.165) is 6.42 Å². The highest BCUT2D eigenvalue weighted by Gasteiger charge is 2.03. The van der Waals surface area contributed by atoms with Crippen LogP contribution in [0.5, 0.6) is 0 Å². The van der Waals surface area contributed by atoms with Crippen LogP contribution in [0, 0.1) is 0 Å². The van der Waals surface area contributed by atoms with Crippen molar-refractivity contribution in [2.45, 2.75) is 19.8 Å². The molecule has 0 aromatic heterocycles. The molecule has 0 fully saturated rings. The number of hydrogen-bond donors (Lipinski definition) is 2. The SMILES string of the molecule is CCCC(=O)OCCOCCOCCOCCOCCOCCOCCNC(=O)COCC(=O)O. The molecule has 206 valence electrons. The molecule has 0 radical (unpaired) electrons. The van der Waals surface area contributed by atoms with E-state index in [-0.39, 0.29) is 19.2 Å². The Morgan fingerprint density at radius 3 is 1.46 bits per heavy atom. The molecular weight excluding hydrogens is 470 g/mol. The standard InChI is InChI=1S/C22H41NO12/c1-2-3-22(27)35-17-16-33-15-14-32-13-12-31-11-10-30-9-8-29-7-6-28-5-4-23-20(24)18-34-19-21(25)26/h2-19H2,1H3,(H,23,24)(H,25,26). The summed E-state index contributed by atoms with van der Waals surface area (Å²) >= 11 is 0. The van der Waals surface area contributed by atoms with E-state index in [4.69, 9.17) is 38.3 Å². The van der Waals surface area contributed by atoms with Crippen LogP contribution in [-0.4, -0.2) is 129 Å². The molecule has 2 N–H and O–H groups in total. The number of hydrogen-bond acceptors (Lipinski definition) is 11. The molecule has 0 rings (SSSR count). The highest BCUT2D eigenvalue weighted by molar-refractivity contribution is 5.77. The molecule has 0 aliphatic carbocycles. The number of rotatable bonds is 27. The average molecular weight is 512 g/mol. The zero-order chi connectivity index (χ0) is 25.8. The molecule has 0 atom stereocenters. The minimum Gasteiger partial charge on any atom is -0.480 e. The molecule has 0 saturated heterocycles. The Morgan fingerprint density at radius 1 is 0.600 bits per heavy atom. The van der Waals surface area contributed by atoms with Crippen LogP contribution in [0.15, 0.2) is 0 Å². The maximum Gasteiger partial charge on any atom is 0.329 e. The molecule has 0 aromatic carbocycles. The van der Waals surface area contributed by atoms with Gasteiger partial charge in [-0.2, -0.15) is 0 Å². The molecule has 0 unspecified atom stereocenters. The van der Waals surface area contributed by atoms with Crippen LogP contribution >= 0.6 is 0 Å². The van der Waals surface area contributed by atoms with Crippen LogP contribution in [-0.2, 0) is 52.3 Å². The van der Waals surface area contributed by atoms with Gasteiger partial charge < -0.3 is 48.3 Å². The molecule has 0 spiro atoms. The van der Waals surface area contributed by atoms with Crippen molar-refractivity contribution in [2.75, 3.05) is 106 Å². The molecule has 0 aromatic rings. The number of ether oxygens (including phenoxy) is 8. The fraction of sp³-hybridized carbons (Fsp3) is 0.864. The molecule has 1 amide bonds. The maximum atomic E-state index is 11.3. The number of nitrogens with one attached hydrogen (secondary N) is 1. The third-order valence-corrected chi connectivity index (χ3v) is 3.83. The van der Waals surface area contributed by atoms with Gasteiger partial charge in [0, 0.05) is 13.0 Å². The number of amides is 1. The van der Waals surface area contributed by atoms with Gasteiger partial charge in [-0.1, -0.05) is 6.92 Å². The summed E-state index contributed by atoms with van der Waals surface area (Å²) in [6.07, 6.45) is 1.21. The predicted octanol–water partition coefficient (Wildman–Crippen LogP) is -0.353. The van der Waals surface area contributed by atoms with Crippen LogP contribution in [0.25, 0.3) is 0 Å². The lowest BCUT2D eigenvalue weighted by Gasteiger charge is -2.09. The Balaban J connectivity index is 3.13. The van der Waals surface area contributed by atoms with E-state index in [1.807, 2.05) is 6.92 Å². The fourth-order valence-electron chi connectivity index (χ4n) is 2.24. The topological polar surface area (TPSA) is 157 Å². The zero-order valence-corrected chi connectivity index (χ0v) is 20.7. The van der Waals surface area contributed by atoms with Crippen molar-refractivity contribution in [3.05, 3.63) is 0 Å². The number of esters is 1. The third kappa shape index (κ3) is 28.3. The van der Waals surface area contributed by atoms with Crippen molar-refractivity contribution in [1.29, 1.82) is 0 Å². The second-order valence-corrected chi connectivity index (χ2v) is 6.88. The summed E-state index contributed by atoms with van der Waals surface area (Å²) in [6.45, 7) is 6.72. The van der Waals surface area contributed by atoms with Crippen LogP contribution in [0.1, 0.15) is 19.8 Å². The van der Waals surface area contributed by atoms with Crippen LogP contribution in [0.3, 0.4) is 0 Å². The van der Waals surface area contributed by atoms with E-state index < -0.39 is 18.5 Å². The molecule has 0 saturated carbocycles. The van der Waals surface area contributed by atoms with Crippen molar-refractivity contribution in [2.24, 2.45) is 0 Å². The molecule has 0 heterocycles. The van der Waals surface area contributed by atoms with Gasteiger partial charge in [-0.05, 0) is 6.42 Å². The van der Waals surface area contributed by atoms with Gasteiger partial charge in [0.05, 0.1) is 79.3 Å². The van der Waals surface area contributed by atoms with Gasteiger partial charge in [0.2, 0.25) is 5.91 Å². The van der Waals surface area contributed by atoms with E-state index in [1.54, 1.807) is 0 Å². The lowest BCUT2D eigenvalue weighted by molar-refractivity contribution is -0.145. The Kier molecular flexibility index (Phi) is 25.3. The van der Waals surface area contributed by atoms with Crippen molar-refractivity contribution in [3.63, 3.8) is 0 Å². The Hall–Kier alpha value is -1.87. The van der Waals surface area contributed by atoms with E-state index in [9.17, 15) is 14.4 Å². The summed E-state index contributed by atoms with van der Waals surface area (Å²) in [4.78, 5) is 32.7. The van der Waals surface area contributed by atoms with E-state index in [1.165, 1.54) is 0 Å². The van der Waals surface area contributed by atoms with Crippen molar-refractivity contribution in [3.8, 4) is 0 Å². The normalized spacial score (nSPS) is 10.9. The predicted molar refractivity (Wildman–Crippen MR) is 122 cm³/mol. The molecule has 0 bridgehead atoms. The summed E-state index contributed by atoms with van der Waals surface area (Å²) in [5.74, 6) is -1.72. The van der Waals surface area contributed by atoms with E-state index in [2.05, 4.69) is 10.1 Å². The monoisotopic (exact) mass is 511 g/mol. The smallest absolute Gasteiger partial charge is 0.329 e. The van der Waals surface area contributed by atoms with Gasteiger partial charge >= 0.3 is 11.9 Å². The summed E-state index contributed by atoms with van der Waals surface area (Å²) in [5.41, 5.74) is 0. The van der Waals surface area contributed by atoms with Gasteiger partial charge in [-0.15, -0.1) is 0 Å². The molecule has 35 heavy (non-hydrogen) atoms. The number of carbonyl (C=O) groups excluding carboxylic acids is 2. The minimum atomic E-state index is -1.12. The first-order chi connectivity index (χ1) is 17.1. The molecule has 13 nitrogen and oxygen atoms in total. The Labute approximate surface area is 206 Å². The second-order valence-electron chi connectivity index (χ2n) is 6.88. The third-order valence-electron chi connectivity index (χ3n) is 3.83. The highest BCUT2D eigenvalue weighted by Crippen LogP contribution is 1.91. The van der Waals surface area contributed by atoms with Gasteiger partial charge in [-0.3, -0.25) is 9.59 Å². The van der Waals surface area contributed by atoms with Gasteiger partial charge in [0.25, 0.3) is 0 Å². The number of aliphatic carboxylic acids is 1. The first-order valence-corrected chi connectivity index (χ1v) is 11.7. The van der Waals surface area contributed by atoms with Crippen LogP contribution in [0.4, 0.5) is 0 Å². The maximum absolute atomic E-state index is 11.3. The van der Waals surface area contributed by atoms with E-state index >= 15 is 0 Å². The number of carbonyl (C=O) groups is 3. The fourth-order valence-corrected chi connectivity index (χ4v) is 2.24. The summed E-state index contributed by atoms with van der Waals surface area (Å²) < 4.78 is 41.7. The van der Waals surface area contributed by atoms with Crippen molar-refractivity contribution < 1.29 is 57.4 Å². The Morgan fingerprint density at radius 2 is 1.03 bits per heavy atom. The summed E-state index contributed by atoms with van der Waals surface area (Å²) in [6, 6.07) is 0. The quantitative estimate of drug-likeness (QED) is 0.109. The van der Waals surface area contributed by atoms with Crippen molar-refractivity contribution >= 4 is 17.8 Å². The minimum absolute atomic E-state index is 0.201. The average Bonchev–Trinajstić information content (AvgIpc) is 2.82. The first kappa shape index (κ1) is 33.1. The lowest BCUT2D eigenvalue weighted by atomic mass is 10.3. The first-order valence-electron chi connectivity index (χ1n) is 11.7. The molecular formula is C22H41NO12. The number of carboxylic acids is 1. The molecule has 13 heteroatoms. The van der Waals surface area contributed by atoms with Crippen LogP contribution in [0.2, 0.25) is 0 Å². The largest absolute Gasteiger partial charge is 0.480 e. The van der Waals surface area contributed by atoms with Crippen molar-refractivity contribution in [1.82, 2.24) is 5.32 Å². The van der Waals surface area contributed by atoms with Crippen LogP contribution < -0.4 is 5.32 Å². The van der Waals surface area contributed by atoms with Gasteiger partial charge in [0.15, 0.2) is 0 Å². The lowest BCUT2D eigenvalue weighted by Crippen LogP contribution is -2.31. The van der Waals surface area contributed by atoms with Gasteiger partial charge in [-0.25, -0.2) is 4.79 Å². The van der Waals surface area contributed by atoms with Gasteiger partial charge in [0.1, 0.15) is 19.8 Å². The second kappa shape index (κ2) is 26.7. The Bertz CT molecular complexity index is 521. The molecule has 0 aliphatic rings. The highest BCUT2D eigenvalue weighted by atomic mass is 16.6. The van der Waals surface area contributed by atoms with E-state index in [0.29, 0.717) is 92.2 Å².